The van der Waals surface area contributed by atoms with Gasteiger partial charge in [0.15, 0.2) is 0 Å². The number of anilines is 2. The molecule has 0 bridgehead atoms. The molecule has 0 aliphatic heterocycles. The molecule has 19 heavy (non-hydrogen) atoms. The Morgan fingerprint density at radius 2 is 2.11 bits per heavy atom. The van der Waals surface area contributed by atoms with Crippen LogP contribution in [0.5, 0.6) is 0 Å². The molecule has 0 fully saturated rings. The molecule has 0 saturated carbocycles. The predicted molar refractivity (Wildman–Crippen MR) is 83.0 cm³/mol. The normalized spacial score (nSPS) is 11.1. The van der Waals surface area contributed by atoms with E-state index in [2.05, 4.69) is 23.0 Å². The first-order valence-electron chi connectivity index (χ1n) is 6.60. The topological polar surface area (TPSA) is 62.4 Å². The van der Waals surface area contributed by atoms with Crippen LogP contribution in [0.25, 0.3) is 10.2 Å². The highest BCUT2D eigenvalue weighted by Gasteiger charge is 2.09. The Morgan fingerprint density at radius 1 is 1.32 bits per heavy atom. The maximum atomic E-state index is 8.77. The summed E-state index contributed by atoms with van der Waals surface area (Å²) in [5.41, 5.74) is 9.00. The van der Waals surface area contributed by atoms with E-state index in [1.54, 1.807) is 11.3 Å². The Kier molecular flexibility index (Phi) is 4.61. The van der Waals surface area contributed by atoms with Crippen LogP contribution in [-0.4, -0.2) is 30.3 Å². The Labute approximate surface area is 117 Å². The van der Waals surface area contributed by atoms with Crippen molar-refractivity contribution < 1.29 is 5.11 Å². The van der Waals surface area contributed by atoms with Gasteiger partial charge in [-0.15, -0.1) is 11.3 Å². The maximum Gasteiger partial charge on any atom is 0.0907 e. The summed E-state index contributed by atoms with van der Waals surface area (Å²) in [6, 6.07) is 4.08. The van der Waals surface area contributed by atoms with Gasteiger partial charge in [-0.2, -0.15) is 0 Å². The number of aromatic nitrogens is 1. The fourth-order valence-electron chi connectivity index (χ4n) is 2.18. The van der Waals surface area contributed by atoms with E-state index in [4.69, 9.17) is 10.8 Å². The molecule has 5 heteroatoms. The molecule has 2 aromatic rings. The molecule has 3 N–H and O–H groups in total. The molecule has 0 aliphatic rings. The number of hydrogen-bond acceptors (Lipinski definition) is 5. The second kappa shape index (κ2) is 6.21. The van der Waals surface area contributed by atoms with Gasteiger partial charge in [-0.1, -0.05) is 0 Å². The number of fused-ring (bicyclic) bond motifs is 1. The Bertz CT molecular complexity index is 553. The van der Waals surface area contributed by atoms with Crippen molar-refractivity contribution in [1.29, 1.82) is 0 Å². The highest BCUT2D eigenvalue weighted by atomic mass is 32.1. The number of nitrogen functional groups attached to an aromatic ring is 1. The number of thiazole rings is 1. The average molecular weight is 279 g/mol. The first-order chi connectivity index (χ1) is 9.11. The molecule has 0 atom stereocenters. The van der Waals surface area contributed by atoms with Gasteiger partial charge in [0, 0.05) is 20.2 Å². The molecule has 1 heterocycles. The average Bonchev–Trinajstić information content (AvgIpc) is 2.72. The zero-order valence-corrected chi connectivity index (χ0v) is 12.3. The third-order valence-electron chi connectivity index (χ3n) is 3.21. The minimum absolute atomic E-state index is 0.274. The van der Waals surface area contributed by atoms with E-state index in [0.29, 0.717) is 0 Å². The van der Waals surface area contributed by atoms with Crippen LogP contribution in [0.3, 0.4) is 0 Å². The minimum Gasteiger partial charge on any atom is -0.397 e. The Hall–Kier alpha value is -1.33. The Morgan fingerprint density at radius 3 is 2.84 bits per heavy atom. The molecule has 2 rings (SSSR count). The molecular weight excluding hydrogens is 258 g/mol. The summed E-state index contributed by atoms with van der Waals surface area (Å²) in [5, 5.41) is 9.84. The lowest BCUT2D eigenvalue weighted by Crippen LogP contribution is -2.19. The molecular formula is C14H21N3OS. The van der Waals surface area contributed by atoms with Gasteiger partial charge >= 0.3 is 0 Å². The summed E-state index contributed by atoms with van der Waals surface area (Å²) >= 11 is 1.67. The summed E-state index contributed by atoms with van der Waals surface area (Å²) in [7, 11) is 2.05. The smallest absolute Gasteiger partial charge is 0.0907 e. The van der Waals surface area contributed by atoms with E-state index in [0.717, 1.165) is 52.4 Å². The molecule has 0 unspecified atom stereocenters. The Balaban J connectivity index is 2.12. The fourth-order valence-corrected chi connectivity index (χ4v) is 3.04. The van der Waals surface area contributed by atoms with Gasteiger partial charge in [0.25, 0.3) is 0 Å². The molecule has 0 aliphatic carbocycles. The standard InChI is InChI=1S/C14H21N3OS/c1-10-16-12-9-13(11(15)8-14(12)19-10)17(2)6-4-3-5-7-18/h8-9,18H,3-7,15H2,1-2H3. The van der Waals surface area contributed by atoms with Gasteiger partial charge in [0.1, 0.15) is 0 Å². The maximum absolute atomic E-state index is 8.77. The summed E-state index contributed by atoms with van der Waals surface area (Å²) in [5.74, 6) is 0. The van der Waals surface area contributed by atoms with Gasteiger partial charge in [0.2, 0.25) is 0 Å². The highest BCUT2D eigenvalue weighted by Crippen LogP contribution is 2.31. The van der Waals surface area contributed by atoms with Crippen LogP contribution in [0, 0.1) is 6.92 Å². The summed E-state index contributed by atoms with van der Waals surface area (Å²) in [4.78, 5) is 6.68. The number of aryl methyl sites for hydroxylation is 1. The van der Waals surface area contributed by atoms with Gasteiger partial charge in [0.05, 0.1) is 26.6 Å². The van der Waals surface area contributed by atoms with Crippen LogP contribution in [0.2, 0.25) is 0 Å². The molecule has 0 radical (unpaired) electrons. The molecule has 1 aromatic heterocycles. The molecule has 1 aromatic carbocycles. The van der Waals surface area contributed by atoms with E-state index in [9.17, 15) is 0 Å². The van der Waals surface area contributed by atoms with Crippen LogP contribution >= 0.6 is 11.3 Å². The van der Waals surface area contributed by atoms with Gasteiger partial charge in [-0.25, -0.2) is 4.98 Å². The molecule has 0 saturated heterocycles. The van der Waals surface area contributed by atoms with Crippen molar-refractivity contribution in [3.8, 4) is 0 Å². The van der Waals surface area contributed by atoms with Crippen molar-refractivity contribution in [1.82, 2.24) is 4.98 Å². The number of aliphatic hydroxyl groups is 1. The van der Waals surface area contributed by atoms with Crippen molar-refractivity contribution in [2.75, 3.05) is 30.8 Å². The SMILES string of the molecule is Cc1nc2cc(N(C)CCCCCO)c(N)cc2s1. The van der Waals surface area contributed by atoms with E-state index in [1.807, 2.05) is 13.0 Å². The summed E-state index contributed by atoms with van der Waals surface area (Å²) in [6.45, 7) is 3.23. The zero-order valence-electron chi connectivity index (χ0n) is 11.5. The third kappa shape index (κ3) is 3.36. The summed E-state index contributed by atoms with van der Waals surface area (Å²) in [6.07, 6.45) is 2.97. The van der Waals surface area contributed by atoms with Crippen molar-refractivity contribution in [2.24, 2.45) is 0 Å². The van der Waals surface area contributed by atoms with E-state index < -0.39 is 0 Å². The van der Waals surface area contributed by atoms with Crippen LogP contribution in [0.1, 0.15) is 24.3 Å². The second-order valence-electron chi connectivity index (χ2n) is 4.82. The quantitative estimate of drug-likeness (QED) is 0.630. The number of nitrogens with two attached hydrogens (primary N) is 1. The number of nitrogens with zero attached hydrogens (tertiary/aromatic N) is 2. The number of benzene rings is 1. The molecule has 4 nitrogen and oxygen atoms in total. The first-order valence-corrected chi connectivity index (χ1v) is 7.42. The lowest BCUT2D eigenvalue weighted by molar-refractivity contribution is 0.283. The number of aliphatic hydroxyl groups excluding tert-OH is 1. The van der Waals surface area contributed by atoms with Gasteiger partial charge < -0.3 is 15.7 Å². The predicted octanol–water partition coefficient (Wildman–Crippen LogP) is 2.79. The number of unbranched alkanes of at least 4 members (excludes halogenated alkanes) is 2. The molecule has 0 spiro atoms. The fraction of sp³-hybridized carbons (Fsp3) is 0.500. The lowest BCUT2D eigenvalue weighted by atomic mass is 10.2. The number of hydrogen-bond donors (Lipinski definition) is 2. The first kappa shape index (κ1) is 14.1. The van der Waals surface area contributed by atoms with Crippen LogP contribution in [0.15, 0.2) is 12.1 Å². The monoisotopic (exact) mass is 279 g/mol. The van der Waals surface area contributed by atoms with E-state index in [1.165, 1.54) is 0 Å². The number of rotatable bonds is 6. The van der Waals surface area contributed by atoms with Crippen molar-refractivity contribution >= 4 is 32.9 Å². The molecule has 104 valence electrons. The van der Waals surface area contributed by atoms with E-state index >= 15 is 0 Å². The van der Waals surface area contributed by atoms with Gasteiger partial charge in [-0.05, 0) is 38.3 Å². The summed E-state index contributed by atoms with van der Waals surface area (Å²) < 4.78 is 1.15. The molecule has 0 amide bonds. The second-order valence-corrected chi connectivity index (χ2v) is 6.05. The van der Waals surface area contributed by atoms with Crippen molar-refractivity contribution in [3.05, 3.63) is 17.1 Å². The lowest BCUT2D eigenvalue weighted by Gasteiger charge is -2.21. The van der Waals surface area contributed by atoms with Crippen molar-refractivity contribution in [2.45, 2.75) is 26.2 Å². The van der Waals surface area contributed by atoms with Gasteiger partial charge in [-0.3, -0.25) is 0 Å². The largest absolute Gasteiger partial charge is 0.397 e. The van der Waals surface area contributed by atoms with Crippen molar-refractivity contribution in [3.63, 3.8) is 0 Å². The van der Waals surface area contributed by atoms with E-state index in [-0.39, 0.29) is 6.61 Å². The van der Waals surface area contributed by atoms with Crippen LogP contribution in [-0.2, 0) is 0 Å². The van der Waals surface area contributed by atoms with Crippen LogP contribution in [0.4, 0.5) is 11.4 Å². The minimum atomic E-state index is 0.274. The zero-order chi connectivity index (χ0) is 13.8. The van der Waals surface area contributed by atoms with Crippen LogP contribution < -0.4 is 10.6 Å². The third-order valence-corrected chi connectivity index (χ3v) is 4.14. The highest BCUT2D eigenvalue weighted by molar-refractivity contribution is 7.18.